The van der Waals surface area contributed by atoms with Crippen molar-refractivity contribution in [3.05, 3.63) is 69.4 Å². The minimum atomic E-state index is -0.306. The number of nitrogens with zero attached hydrogens (tertiary/aromatic N) is 2. The molecular weight excluding hydrogens is 545 g/mol. The van der Waals surface area contributed by atoms with Crippen LogP contribution in [-0.4, -0.2) is 34.3 Å². The average molecular weight is 569 g/mol. The van der Waals surface area contributed by atoms with Gasteiger partial charge >= 0.3 is 0 Å². The largest absolute Gasteiger partial charge is 0.430 e. The van der Waals surface area contributed by atoms with E-state index in [9.17, 15) is 9.59 Å². The van der Waals surface area contributed by atoms with E-state index in [4.69, 9.17) is 44.2 Å². The number of piperidine rings is 2. The Morgan fingerprint density at radius 2 is 1.66 bits per heavy atom. The van der Waals surface area contributed by atoms with Gasteiger partial charge in [0.1, 0.15) is 5.69 Å². The second kappa shape index (κ2) is 9.92. The lowest BCUT2D eigenvalue weighted by atomic mass is 9.80. The summed E-state index contributed by atoms with van der Waals surface area (Å²) in [6.07, 6.45) is 4.27. The Kier molecular flexibility index (Phi) is 6.58. The normalized spacial score (nSPS) is 18.7. The van der Waals surface area contributed by atoms with E-state index < -0.39 is 0 Å². The molecule has 2 bridgehead atoms. The molecule has 2 aliphatic heterocycles. The zero-order valence-corrected chi connectivity index (χ0v) is 22.8. The number of aromatic nitrogens is 1. The summed E-state index contributed by atoms with van der Waals surface area (Å²) < 4.78 is 6.15. The summed E-state index contributed by atoms with van der Waals surface area (Å²) in [5, 5.41) is 4.90. The van der Waals surface area contributed by atoms with Crippen molar-refractivity contribution in [2.24, 2.45) is 5.92 Å². The van der Waals surface area contributed by atoms with Gasteiger partial charge in [0.15, 0.2) is 0 Å². The van der Waals surface area contributed by atoms with Gasteiger partial charge in [0.05, 0.1) is 16.1 Å². The number of fused-ring (bicyclic) bond motifs is 4. The number of anilines is 1. The Balaban J connectivity index is 1.57. The summed E-state index contributed by atoms with van der Waals surface area (Å²) in [6.45, 7) is 2.11. The lowest BCUT2D eigenvalue weighted by Crippen LogP contribution is -2.50. The first-order chi connectivity index (χ1) is 18.3. The molecule has 6 nitrogen and oxygen atoms in total. The molecule has 38 heavy (non-hydrogen) atoms. The van der Waals surface area contributed by atoms with Crippen LogP contribution in [0.25, 0.3) is 33.5 Å². The van der Waals surface area contributed by atoms with Crippen LogP contribution in [0.15, 0.2) is 52.9 Å². The molecule has 2 aromatic heterocycles. The minimum absolute atomic E-state index is 0.0941. The molecular formula is C29H24Cl3N3O3. The van der Waals surface area contributed by atoms with Gasteiger partial charge in [0, 0.05) is 40.7 Å². The summed E-state index contributed by atoms with van der Waals surface area (Å²) in [5.41, 5.74) is 3.35. The Bertz CT molecular complexity index is 1570. The molecule has 2 aromatic carbocycles. The number of carbonyl (C=O) groups excluding carboxylic acids is 2. The summed E-state index contributed by atoms with van der Waals surface area (Å²) in [5.74, 6) is 0.0718. The third-order valence-electron chi connectivity index (χ3n) is 7.49. The minimum Gasteiger partial charge on any atom is -0.430 e. The van der Waals surface area contributed by atoms with Crippen molar-refractivity contribution < 1.29 is 14.0 Å². The predicted octanol–water partition coefficient (Wildman–Crippen LogP) is 8.10. The van der Waals surface area contributed by atoms with Gasteiger partial charge in [0.25, 0.3) is 5.91 Å². The second-order valence-electron chi connectivity index (χ2n) is 9.99. The smallest absolute Gasteiger partial charge is 0.292 e. The number of benzene rings is 2. The first kappa shape index (κ1) is 25.2. The summed E-state index contributed by atoms with van der Waals surface area (Å²) in [6, 6.07) is 14.6. The number of amides is 2. The Labute approximate surface area is 234 Å². The third kappa shape index (κ3) is 4.55. The summed E-state index contributed by atoms with van der Waals surface area (Å²) >= 11 is 18.9. The molecule has 2 amide bonds. The molecule has 3 aliphatic rings. The van der Waals surface area contributed by atoms with E-state index in [0.717, 1.165) is 36.8 Å². The Morgan fingerprint density at radius 1 is 0.947 bits per heavy atom. The van der Waals surface area contributed by atoms with Crippen LogP contribution in [0.3, 0.4) is 0 Å². The van der Waals surface area contributed by atoms with Crippen LogP contribution in [0.1, 0.15) is 43.2 Å². The second-order valence-corrected chi connectivity index (χ2v) is 11.3. The Hall–Kier alpha value is -3.06. The van der Waals surface area contributed by atoms with Crippen LogP contribution in [0.5, 0.6) is 0 Å². The number of rotatable bonds is 4. The van der Waals surface area contributed by atoms with E-state index in [-0.39, 0.29) is 29.3 Å². The Morgan fingerprint density at radius 3 is 2.29 bits per heavy atom. The number of carbonyl (C=O) groups is 2. The van der Waals surface area contributed by atoms with Gasteiger partial charge in [0.2, 0.25) is 17.4 Å². The molecule has 9 heteroatoms. The number of halogens is 3. The maximum atomic E-state index is 13.8. The molecule has 0 atom stereocenters. The van der Waals surface area contributed by atoms with Crippen molar-refractivity contribution in [1.29, 1.82) is 0 Å². The molecule has 194 valence electrons. The molecule has 2 saturated heterocycles. The van der Waals surface area contributed by atoms with E-state index in [1.807, 2.05) is 23.1 Å². The van der Waals surface area contributed by atoms with Gasteiger partial charge in [-0.15, -0.1) is 0 Å². The third-order valence-corrected chi connectivity index (χ3v) is 8.29. The molecule has 7 rings (SSSR count). The predicted molar refractivity (Wildman–Crippen MR) is 151 cm³/mol. The number of hydrogen-bond donors (Lipinski definition) is 1. The zero-order valence-electron chi connectivity index (χ0n) is 20.6. The van der Waals surface area contributed by atoms with Crippen LogP contribution in [0.2, 0.25) is 15.1 Å². The van der Waals surface area contributed by atoms with Gasteiger partial charge in [-0.25, -0.2) is 4.98 Å². The van der Waals surface area contributed by atoms with Crippen LogP contribution in [0, 0.1) is 5.92 Å². The van der Waals surface area contributed by atoms with Crippen LogP contribution < -0.4 is 5.32 Å². The zero-order chi connectivity index (χ0) is 26.6. The highest BCUT2D eigenvalue weighted by Crippen LogP contribution is 2.42. The van der Waals surface area contributed by atoms with E-state index in [1.165, 1.54) is 6.92 Å². The van der Waals surface area contributed by atoms with Crippen molar-refractivity contribution in [2.75, 3.05) is 11.9 Å². The molecule has 0 unspecified atom stereocenters. The highest BCUT2D eigenvalue weighted by atomic mass is 35.5. The van der Waals surface area contributed by atoms with E-state index in [1.54, 1.807) is 30.3 Å². The van der Waals surface area contributed by atoms with Crippen molar-refractivity contribution in [1.82, 2.24) is 9.88 Å². The lowest BCUT2D eigenvalue weighted by Gasteiger charge is -2.45. The first-order valence-electron chi connectivity index (χ1n) is 12.6. The molecule has 0 spiro atoms. The number of furan rings is 1. The van der Waals surface area contributed by atoms with Gasteiger partial charge in [-0.05, 0) is 73.6 Å². The molecule has 3 fully saturated rings. The molecule has 1 saturated carbocycles. The van der Waals surface area contributed by atoms with Crippen molar-refractivity contribution in [2.45, 2.75) is 38.6 Å². The fourth-order valence-corrected chi connectivity index (χ4v) is 6.28. The van der Waals surface area contributed by atoms with Gasteiger partial charge < -0.3 is 14.6 Å². The summed E-state index contributed by atoms with van der Waals surface area (Å²) in [7, 11) is 0. The highest BCUT2D eigenvalue weighted by molar-refractivity contribution is 6.36. The quantitative estimate of drug-likeness (QED) is 0.270. The monoisotopic (exact) mass is 567 g/mol. The SMILES string of the molecule is CC(=O)Nc1c(C(=O)N2CC3CCC2CC3)oc2nc(-c3ccc(Cl)cc3Cl)c(-c3ccc(Cl)cc3)cc12. The fraction of sp³-hybridized carbons (Fsp3) is 0.276. The van der Waals surface area contributed by atoms with Gasteiger partial charge in [-0.1, -0.05) is 46.9 Å². The van der Waals surface area contributed by atoms with Gasteiger partial charge in [-0.3, -0.25) is 9.59 Å². The van der Waals surface area contributed by atoms with E-state index >= 15 is 0 Å². The standard InChI is InChI=1S/C29H24Cl3N3O3/c1-15(36)33-26-23-13-22(17-4-6-18(30)7-5-17)25(21-11-8-19(31)12-24(21)32)34-28(23)38-27(26)29(37)35-14-16-2-9-20(35)10-3-16/h4-8,11-13,16,20H,2-3,9-10,14H2,1H3,(H,33,36). The van der Waals surface area contributed by atoms with E-state index in [2.05, 4.69) is 5.32 Å². The van der Waals surface area contributed by atoms with E-state index in [0.29, 0.717) is 49.9 Å². The van der Waals surface area contributed by atoms with Gasteiger partial charge in [-0.2, -0.15) is 0 Å². The number of hydrogen-bond acceptors (Lipinski definition) is 4. The molecule has 4 heterocycles. The molecule has 1 N–H and O–H groups in total. The van der Waals surface area contributed by atoms with Crippen LogP contribution in [0.4, 0.5) is 5.69 Å². The average Bonchev–Trinajstić information content (AvgIpc) is 3.25. The van der Waals surface area contributed by atoms with Crippen molar-refractivity contribution in [3.63, 3.8) is 0 Å². The number of pyridine rings is 1. The molecule has 0 radical (unpaired) electrons. The number of nitrogens with one attached hydrogen (secondary N) is 1. The molecule has 4 aromatic rings. The highest BCUT2D eigenvalue weighted by Gasteiger charge is 2.39. The maximum Gasteiger partial charge on any atom is 0.292 e. The van der Waals surface area contributed by atoms with Crippen LogP contribution >= 0.6 is 34.8 Å². The first-order valence-corrected chi connectivity index (χ1v) is 13.7. The topological polar surface area (TPSA) is 75.4 Å². The van der Waals surface area contributed by atoms with Crippen LogP contribution in [-0.2, 0) is 4.79 Å². The maximum absolute atomic E-state index is 13.8. The fourth-order valence-electron chi connectivity index (χ4n) is 5.66. The van der Waals surface area contributed by atoms with Crippen molar-refractivity contribution >= 4 is 63.4 Å². The molecule has 1 aliphatic carbocycles. The summed E-state index contributed by atoms with van der Waals surface area (Å²) in [4.78, 5) is 32.8. The van der Waals surface area contributed by atoms with Crippen molar-refractivity contribution in [3.8, 4) is 22.4 Å². The lowest BCUT2D eigenvalue weighted by molar-refractivity contribution is -0.114.